The summed E-state index contributed by atoms with van der Waals surface area (Å²) in [5, 5.41) is 2.73. The smallest absolute Gasteiger partial charge is 0.416 e. The number of alkyl halides is 5. The number of anilines is 1. The molecule has 0 spiro atoms. The van der Waals surface area contributed by atoms with E-state index in [4.69, 9.17) is 4.74 Å². The number of hydrogen-bond acceptors (Lipinski definition) is 6. The average Bonchev–Trinajstić information content (AvgIpc) is 2.87. The van der Waals surface area contributed by atoms with Crippen molar-refractivity contribution in [1.29, 1.82) is 0 Å². The first kappa shape index (κ1) is 33.7. The minimum Gasteiger partial charge on any atom is -0.444 e. The highest BCUT2D eigenvalue weighted by atomic mass is 19.4. The van der Waals surface area contributed by atoms with E-state index < -0.39 is 30.4 Å². The zero-order chi connectivity index (χ0) is 31.0. The fourth-order valence-electron chi connectivity index (χ4n) is 4.28. The highest BCUT2D eigenvalue weighted by Gasteiger charge is 2.35. The topological polar surface area (TPSA) is 87.1 Å². The minimum atomic E-state index is -4.58. The summed E-state index contributed by atoms with van der Waals surface area (Å²) in [6, 6.07) is 1.77. The number of nitrogens with zero attached hydrogens (tertiary/aromatic N) is 4. The van der Waals surface area contributed by atoms with Gasteiger partial charge in [-0.3, -0.25) is 4.79 Å². The molecule has 3 heterocycles. The second-order valence-electron chi connectivity index (χ2n) is 10.6. The summed E-state index contributed by atoms with van der Waals surface area (Å²) in [6.45, 7) is 9.96. The number of hydrogen-bond donors (Lipinski definition) is 1. The van der Waals surface area contributed by atoms with E-state index in [9.17, 15) is 31.5 Å². The van der Waals surface area contributed by atoms with Crippen molar-refractivity contribution in [1.82, 2.24) is 15.2 Å². The molecule has 2 amide bonds. The molecular weight excluding hydrogens is 549 g/mol. The molecule has 1 aromatic heterocycles. The van der Waals surface area contributed by atoms with Crippen LogP contribution >= 0.6 is 0 Å². The third-order valence-electron chi connectivity index (χ3n) is 6.25. The van der Waals surface area contributed by atoms with Crippen LogP contribution in [0.4, 0.5) is 32.6 Å². The Kier molecular flexibility index (Phi) is 11.8. The zero-order valence-corrected chi connectivity index (χ0v) is 24.2. The molecule has 0 aliphatic carbocycles. The molecular formula is C28H38F5N5O3. The highest BCUT2D eigenvalue weighted by Crippen LogP contribution is 2.35. The number of pyridine rings is 1. The summed E-state index contributed by atoms with van der Waals surface area (Å²) < 4.78 is 66.5. The molecule has 0 bridgehead atoms. The molecule has 0 aromatic carbocycles. The van der Waals surface area contributed by atoms with E-state index in [1.807, 2.05) is 19.9 Å². The number of allylic oxidation sites excluding steroid dienone is 2. The third-order valence-corrected chi connectivity index (χ3v) is 6.25. The predicted molar refractivity (Wildman–Crippen MR) is 148 cm³/mol. The van der Waals surface area contributed by atoms with Gasteiger partial charge in [0.1, 0.15) is 17.3 Å². The Morgan fingerprint density at radius 3 is 2.41 bits per heavy atom. The lowest BCUT2D eigenvalue weighted by Gasteiger charge is -2.41. The van der Waals surface area contributed by atoms with Crippen molar-refractivity contribution in [3.63, 3.8) is 0 Å². The number of aliphatic imine (C=N–C) groups is 1. The number of piperazine rings is 1. The standard InChI is InChI=1S/C27H36F3N5O3.CH2F2/c1-7-8-11-31-24-20(9-10-23(36)33-24)18(3)21-14-19(27(28,29)30)15-22(32-21)34-12-13-35(17(2)16-34)25(37)38-26(4,5)6;2-1-3/h8,11,14-15,17H,7,9-10,12-13,16H2,1-6H3,(H,31,33,36);1H2/b11-8+,20-18+;. The molecule has 2 aliphatic rings. The van der Waals surface area contributed by atoms with Gasteiger partial charge in [-0.2, -0.15) is 13.2 Å². The van der Waals surface area contributed by atoms with Crippen molar-refractivity contribution in [2.24, 2.45) is 4.99 Å². The second kappa shape index (κ2) is 14.4. The molecule has 1 atom stereocenters. The van der Waals surface area contributed by atoms with Crippen LogP contribution in [0.25, 0.3) is 5.57 Å². The summed E-state index contributed by atoms with van der Waals surface area (Å²) in [4.78, 5) is 36.9. The number of carbonyl (C=O) groups is 2. The van der Waals surface area contributed by atoms with Crippen LogP contribution < -0.4 is 10.2 Å². The Balaban J connectivity index is 0.00000187. The summed E-state index contributed by atoms with van der Waals surface area (Å²) >= 11 is 0. The van der Waals surface area contributed by atoms with Crippen molar-refractivity contribution >= 4 is 29.2 Å². The van der Waals surface area contributed by atoms with Crippen molar-refractivity contribution in [3.8, 4) is 0 Å². The van der Waals surface area contributed by atoms with Gasteiger partial charge < -0.3 is 19.9 Å². The van der Waals surface area contributed by atoms with E-state index in [0.717, 1.165) is 18.6 Å². The molecule has 2 fully saturated rings. The van der Waals surface area contributed by atoms with E-state index >= 15 is 0 Å². The van der Waals surface area contributed by atoms with Gasteiger partial charge >= 0.3 is 12.3 Å². The van der Waals surface area contributed by atoms with Crippen LogP contribution in [-0.4, -0.2) is 65.9 Å². The van der Waals surface area contributed by atoms with E-state index in [2.05, 4.69) is 15.3 Å². The molecule has 2 saturated heterocycles. The van der Waals surface area contributed by atoms with Gasteiger partial charge in [0.25, 0.3) is 0 Å². The number of ether oxygens (including phenoxy) is 1. The summed E-state index contributed by atoms with van der Waals surface area (Å²) in [7, 11) is 0. The molecule has 3 rings (SSSR count). The molecule has 0 radical (unpaired) electrons. The molecule has 13 heteroatoms. The van der Waals surface area contributed by atoms with Gasteiger partial charge in [0.15, 0.2) is 0 Å². The fraction of sp³-hybridized carbons (Fsp3) is 0.571. The SMILES string of the molecule is CC/C=C/N=C1\NC(=O)CC\C1=C(\C)c1cc(C(F)(F)F)cc(N2CCN(C(=O)OC(C)(C)C)C(C)C2)n1.FCF. The Morgan fingerprint density at radius 2 is 1.85 bits per heavy atom. The number of amidine groups is 1. The van der Waals surface area contributed by atoms with Crippen LogP contribution in [0.3, 0.4) is 0 Å². The second-order valence-corrected chi connectivity index (χ2v) is 10.6. The van der Waals surface area contributed by atoms with Gasteiger partial charge in [-0.15, -0.1) is 0 Å². The lowest BCUT2D eigenvalue weighted by atomic mass is 9.96. The third kappa shape index (κ3) is 9.82. The molecule has 41 heavy (non-hydrogen) atoms. The lowest BCUT2D eigenvalue weighted by Crippen LogP contribution is -2.55. The number of piperidine rings is 1. The first-order valence-corrected chi connectivity index (χ1v) is 13.3. The van der Waals surface area contributed by atoms with E-state index in [0.29, 0.717) is 36.5 Å². The van der Waals surface area contributed by atoms with Crippen molar-refractivity contribution in [2.45, 2.75) is 78.6 Å². The first-order valence-electron chi connectivity index (χ1n) is 13.3. The Labute approximate surface area is 237 Å². The van der Waals surface area contributed by atoms with Crippen LogP contribution in [0, 0.1) is 0 Å². The van der Waals surface area contributed by atoms with Crippen molar-refractivity contribution in [3.05, 3.63) is 41.2 Å². The van der Waals surface area contributed by atoms with Crippen LogP contribution in [-0.2, 0) is 15.7 Å². The normalized spacial score (nSPS) is 20.5. The maximum Gasteiger partial charge on any atom is 0.416 e. The van der Waals surface area contributed by atoms with Gasteiger partial charge in [-0.1, -0.05) is 13.0 Å². The largest absolute Gasteiger partial charge is 0.444 e. The fourth-order valence-corrected chi connectivity index (χ4v) is 4.28. The Morgan fingerprint density at radius 1 is 1.20 bits per heavy atom. The van der Waals surface area contributed by atoms with E-state index in [-0.39, 0.29) is 36.4 Å². The van der Waals surface area contributed by atoms with Gasteiger partial charge in [0.05, 0.1) is 11.3 Å². The van der Waals surface area contributed by atoms with Crippen LogP contribution in [0.1, 0.15) is 72.1 Å². The van der Waals surface area contributed by atoms with Crippen molar-refractivity contribution in [2.75, 3.05) is 31.5 Å². The van der Waals surface area contributed by atoms with Crippen LogP contribution in [0.5, 0.6) is 0 Å². The lowest BCUT2D eigenvalue weighted by molar-refractivity contribution is -0.137. The maximum absolute atomic E-state index is 13.9. The molecule has 1 unspecified atom stereocenters. The zero-order valence-electron chi connectivity index (χ0n) is 24.2. The van der Waals surface area contributed by atoms with Crippen molar-refractivity contribution < 1.29 is 36.3 Å². The molecule has 8 nitrogen and oxygen atoms in total. The van der Waals surface area contributed by atoms with Gasteiger partial charge in [0.2, 0.25) is 12.8 Å². The monoisotopic (exact) mass is 587 g/mol. The summed E-state index contributed by atoms with van der Waals surface area (Å²) in [6.07, 6.45) is -0.339. The highest BCUT2D eigenvalue weighted by molar-refractivity contribution is 6.14. The minimum absolute atomic E-state index is 0.162. The maximum atomic E-state index is 13.9. The molecule has 1 N–H and O–H groups in total. The molecule has 1 aromatic rings. The number of aromatic nitrogens is 1. The number of amides is 2. The number of carbonyl (C=O) groups excluding carboxylic acids is 2. The molecule has 2 aliphatic heterocycles. The van der Waals surface area contributed by atoms with E-state index in [1.165, 1.54) is 0 Å². The Hall–Kier alpha value is -3.51. The summed E-state index contributed by atoms with van der Waals surface area (Å²) in [5.74, 6) is 0.304. The number of halogens is 5. The number of nitrogens with one attached hydrogen (secondary N) is 1. The summed E-state index contributed by atoms with van der Waals surface area (Å²) in [5.41, 5.74) is -0.143. The van der Waals surface area contributed by atoms with Crippen LogP contribution in [0.15, 0.2) is 35.0 Å². The van der Waals surface area contributed by atoms with Gasteiger partial charge in [0, 0.05) is 43.9 Å². The van der Waals surface area contributed by atoms with Crippen LogP contribution in [0.2, 0.25) is 0 Å². The van der Waals surface area contributed by atoms with Gasteiger partial charge in [-0.25, -0.2) is 23.6 Å². The van der Waals surface area contributed by atoms with Gasteiger partial charge in [-0.05, 0) is 65.2 Å². The molecule has 0 saturated carbocycles. The number of rotatable bonds is 4. The Bertz CT molecular complexity index is 1170. The predicted octanol–water partition coefficient (Wildman–Crippen LogP) is 6.43. The average molecular weight is 588 g/mol. The van der Waals surface area contributed by atoms with E-state index in [1.54, 1.807) is 43.7 Å². The molecule has 228 valence electrons. The quantitative estimate of drug-likeness (QED) is 0.410. The first-order chi connectivity index (χ1) is 19.1.